The van der Waals surface area contributed by atoms with Crippen LogP contribution in [0.25, 0.3) is 10.8 Å². The van der Waals surface area contributed by atoms with Crippen molar-refractivity contribution in [2.45, 2.75) is 33.0 Å². The molecule has 3 rings (SSSR count). The van der Waals surface area contributed by atoms with Crippen molar-refractivity contribution in [3.05, 3.63) is 64.3 Å². The van der Waals surface area contributed by atoms with Gasteiger partial charge in [0.25, 0.3) is 5.91 Å². The van der Waals surface area contributed by atoms with Crippen LogP contribution in [-0.4, -0.2) is 28.9 Å². The molecular weight excluding hydrogens is 415 g/mol. The molecule has 30 heavy (non-hydrogen) atoms. The summed E-state index contributed by atoms with van der Waals surface area (Å²) in [4.78, 5) is 18.8. The summed E-state index contributed by atoms with van der Waals surface area (Å²) in [6, 6.07) is 8.99. The maximum absolute atomic E-state index is 13.3. The molecule has 3 aromatic rings. The number of alkyl halides is 3. The second-order valence-electron chi connectivity index (χ2n) is 7.29. The number of carbonyl (C=O) groups is 1. The van der Waals surface area contributed by atoms with Crippen LogP contribution in [0.4, 0.5) is 24.7 Å². The molecule has 0 atom stereocenters. The zero-order valence-electron chi connectivity index (χ0n) is 16.9. The quantitative estimate of drug-likeness (QED) is 0.513. The number of carbonyl (C=O) groups excluding carboxylic acids is 1. The molecule has 0 aliphatic rings. The molecule has 0 spiro atoms. The lowest BCUT2D eigenvalue weighted by molar-refractivity contribution is -0.138. The molecule has 0 saturated heterocycles. The highest BCUT2D eigenvalue weighted by Crippen LogP contribution is 2.37. The van der Waals surface area contributed by atoms with Gasteiger partial charge in [0.15, 0.2) is 0 Å². The fourth-order valence-corrected chi connectivity index (χ4v) is 3.43. The SMILES string of the molecule is Cc1c(Nc2ncc(C(=O)N(C)C(C)C)c3c(Cl)cccc23)cccc1C(F)(F)F. The number of fused-ring (bicyclic) bond motifs is 1. The monoisotopic (exact) mass is 435 g/mol. The highest BCUT2D eigenvalue weighted by molar-refractivity contribution is 6.37. The van der Waals surface area contributed by atoms with Gasteiger partial charge in [-0.1, -0.05) is 29.8 Å². The van der Waals surface area contributed by atoms with Crippen molar-refractivity contribution < 1.29 is 18.0 Å². The first-order valence-electron chi connectivity index (χ1n) is 9.30. The van der Waals surface area contributed by atoms with Crippen molar-refractivity contribution >= 4 is 39.8 Å². The second kappa shape index (κ2) is 8.14. The Morgan fingerprint density at radius 3 is 2.47 bits per heavy atom. The summed E-state index contributed by atoms with van der Waals surface area (Å²) in [5, 5.41) is 4.38. The number of nitrogens with zero attached hydrogens (tertiary/aromatic N) is 2. The van der Waals surface area contributed by atoms with Gasteiger partial charge < -0.3 is 10.2 Å². The Labute approximate surface area is 177 Å². The molecule has 2 aromatic carbocycles. The van der Waals surface area contributed by atoms with Crippen LogP contribution in [0.15, 0.2) is 42.6 Å². The number of nitrogens with one attached hydrogen (secondary N) is 1. The Morgan fingerprint density at radius 2 is 1.83 bits per heavy atom. The minimum atomic E-state index is -4.46. The van der Waals surface area contributed by atoms with Crippen LogP contribution >= 0.6 is 11.6 Å². The molecule has 4 nitrogen and oxygen atoms in total. The number of aromatic nitrogens is 1. The minimum absolute atomic E-state index is 0.0272. The molecule has 0 aliphatic heterocycles. The predicted molar refractivity (Wildman–Crippen MR) is 113 cm³/mol. The highest BCUT2D eigenvalue weighted by atomic mass is 35.5. The van der Waals surface area contributed by atoms with Crippen LogP contribution in [0.2, 0.25) is 5.02 Å². The predicted octanol–water partition coefficient (Wildman–Crippen LogP) is 6.44. The van der Waals surface area contributed by atoms with E-state index < -0.39 is 11.7 Å². The summed E-state index contributed by atoms with van der Waals surface area (Å²) in [7, 11) is 1.69. The van der Waals surface area contributed by atoms with Gasteiger partial charge in [0, 0.05) is 40.8 Å². The number of hydrogen-bond donors (Lipinski definition) is 1. The summed E-state index contributed by atoms with van der Waals surface area (Å²) in [6.45, 7) is 5.18. The second-order valence-corrected chi connectivity index (χ2v) is 7.70. The van der Waals surface area contributed by atoms with E-state index in [1.807, 2.05) is 13.8 Å². The molecule has 158 valence electrons. The zero-order chi connectivity index (χ0) is 22.2. The van der Waals surface area contributed by atoms with E-state index in [1.165, 1.54) is 19.2 Å². The lowest BCUT2D eigenvalue weighted by Gasteiger charge is -2.23. The number of benzene rings is 2. The maximum Gasteiger partial charge on any atom is 0.416 e. The van der Waals surface area contributed by atoms with Crippen molar-refractivity contribution in [3.8, 4) is 0 Å². The average Bonchev–Trinajstić information content (AvgIpc) is 2.68. The van der Waals surface area contributed by atoms with Gasteiger partial charge >= 0.3 is 6.18 Å². The number of pyridine rings is 1. The Balaban J connectivity index is 2.14. The van der Waals surface area contributed by atoms with E-state index in [9.17, 15) is 18.0 Å². The topological polar surface area (TPSA) is 45.2 Å². The molecular formula is C22H21ClF3N3O. The number of amides is 1. The fourth-order valence-electron chi connectivity index (χ4n) is 3.15. The van der Waals surface area contributed by atoms with Gasteiger partial charge in [0.2, 0.25) is 0 Å². The van der Waals surface area contributed by atoms with Crippen LogP contribution < -0.4 is 5.32 Å². The molecule has 1 N–H and O–H groups in total. The molecule has 0 bridgehead atoms. The van der Waals surface area contributed by atoms with E-state index in [1.54, 1.807) is 36.2 Å². The van der Waals surface area contributed by atoms with E-state index in [-0.39, 0.29) is 23.2 Å². The summed E-state index contributed by atoms with van der Waals surface area (Å²) >= 11 is 6.41. The van der Waals surface area contributed by atoms with Crippen molar-refractivity contribution in [2.75, 3.05) is 12.4 Å². The summed E-state index contributed by atoms with van der Waals surface area (Å²) in [6.07, 6.45) is -3.06. The standard InChI is InChI=1S/C22H21ClF3N3O/c1-12(2)29(4)21(30)15-11-27-20(14-7-5-9-17(23)19(14)15)28-18-10-6-8-16(13(18)3)22(24,25)26/h5-12H,1-4H3,(H,27,28). The molecule has 8 heteroatoms. The van der Waals surface area contributed by atoms with Crippen molar-refractivity contribution in [1.82, 2.24) is 9.88 Å². The van der Waals surface area contributed by atoms with Gasteiger partial charge in [-0.2, -0.15) is 13.2 Å². The lowest BCUT2D eigenvalue weighted by Crippen LogP contribution is -2.33. The van der Waals surface area contributed by atoms with Crippen LogP contribution in [0, 0.1) is 6.92 Å². The van der Waals surface area contributed by atoms with Gasteiger partial charge in [0.05, 0.1) is 11.1 Å². The average molecular weight is 436 g/mol. The van der Waals surface area contributed by atoms with Crippen molar-refractivity contribution in [2.24, 2.45) is 0 Å². The largest absolute Gasteiger partial charge is 0.416 e. The first-order chi connectivity index (χ1) is 14.0. The Bertz CT molecular complexity index is 1110. The van der Waals surface area contributed by atoms with E-state index in [0.717, 1.165) is 6.07 Å². The summed E-state index contributed by atoms with van der Waals surface area (Å²) < 4.78 is 39.8. The number of hydrogen-bond acceptors (Lipinski definition) is 3. The maximum atomic E-state index is 13.3. The van der Waals surface area contributed by atoms with Crippen molar-refractivity contribution in [1.29, 1.82) is 0 Å². The summed E-state index contributed by atoms with van der Waals surface area (Å²) in [5.74, 6) is 0.0797. The minimum Gasteiger partial charge on any atom is -0.339 e. The summed E-state index contributed by atoms with van der Waals surface area (Å²) in [5.41, 5.74) is -0.0584. The third kappa shape index (κ3) is 4.07. The molecule has 1 heterocycles. The third-order valence-electron chi connectivity index (χ3n) is 5.08. The molecule has 1 aromatic heterocycles. The molecule has 0 saturated carbocycles. The normalized spacial score (nSPS) is 11.8. The molecule has 0 radical (unpaired) electrons. The van der Waals surface area contributed by atoms with Crippen LogP contribution in [0.5, 0.6) is 0 Å². The zero-order valence-corrected chi connectivity index (χ0v) is 17.7. The van der Waals surface area contributed by atoms with Crippen LogP contribution in [0.3, 0.4) is 0 Å². The first-order valence-corrected chi connectivity index (χ1v) is 9.68. The Hall–Kier alpha value is -2.80. The number of halogens is 4. The molecule has 0 unspecified atom stereocenters. The number of anilines is 2. The highest BCUT2D eigenvalue weighted by Gasteiger charge is 2.33. The smallest absolute Gasteiger partial charge is 0.339 e. The van der Waals surface area contributed by atoms with Gasteiger partial charge in [-0.3, -0.25) is 4.79 Å². The van der Waals surface area contributed by atoms with E-state index in [2.05, 4.69) is 10.3 Å². The van der Waals surface area contributed by atoms with Gasteiger partial charge in [-0.05, 0) is 44.5 Å². The molecule has 0 fully saturated rings. The van der Waals surface area contributed by atoms with Gasteiger partial charge in [-0.25, -0.2) is 4.98 Å². The van der Waals surface area contributed by atoms with Gasteiger partial charge in [-0.15, -0.1) is 0 Å². The number of rotatable bonds is 4. The van der Waals surface area contributed by atoms with Crippen LogP contribution in [0.1, 0.15) is 35.3 Å². The fraction of sp³-hybridized carbons (Fsp3) is 0.273. The van der Waals surface area contributed by atoms with E-state index in [0.29, 0.717) is 27.2 Å². The van der Waals surface area contributed by atoms with E-state index in [4.69, 9.17) is 11.6 Å². The Kier molecular flexibility index (Phi) is 5.94. The molecule has 0 aliphatic carbocycles. The van der Waals surface area contributed by atoms with E-state index >= 15 is 0 Å². The third-order valence-corrected chi connectivity index (χ3v) is 5.39. The van der Waals surface area contributed by atoms with Crippen LogP contribution in [-0.2, 0) is 6.18 Å². The first kappa shape index (κ1) is 21.9. The molecule has 1 amide bonds. The van der Waals surface area contributed by atoms with Crippen molar-refractivity contribution in [3.63, 3.8) is 0 Å². The Morgan fingerprint density at radius 1 is 1.17 bits per heavy atom. The lowest BCUT2D eigenvalue weighted by atomic mass is 10.0. The van der Waals surface area contributed by atoms with Gasteiger partial charge in [0.1, 0.15) is 5.82 Å².